The summed E-state index contributed by atoms with van der Waals surface area (Å²) in [7, 11) is -13.8. The molecule has 0 saturated carbocycles. The van der Waals surface area contributed by atoms with Crippen molar-refractivity contribution in [1.29, 1.82) is 0 Å². The first-order chi connectivity index (χ1) is 61.9. The Labute approximate surface area is 549 Å². The van der Waals surface area contributed by atoms with Crippen molar-refractivity contribution in [1.82, 2.24) is 24.1 Å². The highest BCUT2D eigenvalue weighted by molar-refractivity contribution is 7.21. The van der Waals surface area contributed by atoms with E-state index in [1.807, 2.05) is 0 Å². The van der Waals surface area contributed by atoms with Crippen molar-refractivity contribution >= 4 is 101 Å². The van der Waals surface area contributed by atoms with Crippen LogP contribution < -0.4 is 41.5 Å². The quantitative estimate of drug-likeness (QED) is 0.101. The number of hydrogen-bond acceptors (Lipinski definition) is 3. The van der Waals surface area contributed by atoms with Gasteiger partial charge in [0.25, 0.3) is 0 Å². The lowest BCUT2D eigenvalue weighted by molar-refractivity contribution is 1.06. The van der Waals surface area contributed by atoms with Crippen LogP contribution in [0.5, 0.6) is 0 Å². The number of benzene rings is 12. The highest BCUT2D eigenvalue weighted by Crippen LogP contribution is 2.38. The molecule has 0 amide bonds. The number of aromatic nitrogens is 5. The number of rotatable bonds is 10. The first-order valence-corrected chi connectivity index (χ1v) is 27.9. The monoisotopic (exact) mass is 1130 g/mol. The second-order valence-electron chi connectivity index (χ2n) is 17.6. The molecule has 82 heavy (non-hydrogen) atoms. The Morgan fingerprint density at radius 3 is 1.34 bits per heavy atom. The minimum absolute atomic E-state index is 0.487. The standard InChI is InChI=1S/C75H51N5Si2/c1-5-28-54(29-6-1)81(55-30-7-2-8-31-55,56-32-9-3-10-33-56)58-36-23-26-52(50-58)73-76-74(78-75(77-73)64-41-16-20-46-68(64)79-65-43-17-13-38-60(65)61-39-14-18-44-66(61)79)53-27-24-37-59(51-53)82(57-34-11-4-12-35-57)70-48-22-21-47-69(70)80-67-45-19-15-40-62(67)63-42-25-49-71(82)72(63)80/h1-51H/i1D,2D,3D,4D,5D,6D,7D,8D,9D,10D,11D,12D,13D,14D,15D,16D,17D,18D,19D,20D,21D,22D,23D,24D,25D,26D,27D,28D,29D,30D,31D,32D,33D,34D,35D,36D,37D,38D,39D,40D,41D,42D,43D,44D,45D,46D,47D,48D,49D,50D,51D. The van der Waals surface area contributed by atoms with Crippen molar-refractivity contribution in [2.45, 2.75) is 0 Å². The summed E-state index contributed by atoms with van der Waals surface area (Å²) in [5, 5.41) is -13.9. The summed E-state index contributed by atoms with van der Waals surface area (Å²) < 4.78 is 492. The summed E-state index contributed by atoms with van der Waals surface area (Å²) in [5.74, 6) is -4.72. The van der Waals surface area contributed by atoms with E-state index in [1.54, 1.807) is 0 Å². The predicted octanol–water partition coefficient (Wildman–Crippen LogP) is 12.1. The lowest BCUT2D eigenvalue weighted by Crippen LogP contribution is -2.76. The van der Waals surface area contributed by atoms with Crippen molar-refractivity contribution in [2.75, 3.05) is 0 Å². The van der Waals surface area contributed by atoms with Gasteiger partial charge in [0.05, 0.1) is 97.7 Å². The van der Waals surface area contributed by atoms with Gasteiger partial charge in [-0.2, -0.15) is 0 Å². The fraction of sp³-hybridized carbons (Fsp3) is 0. The van der Waals surface area contributed by atoms with Crippen LogP contribution >= 0.6 is 0 Å². The molecule has 0 saturated heterocycles. The summed E-state index contributed by atoms with van der Waals surface area (Å²) in [6, 6.07) is -69.1. The Morgan fingerprint density at radius 1 is 0.305 bits per heavy atom. The minimum Gasteiger partial charge on any atom is -0.309 e. The average molecular weight is 1130 g/mol. The van der Waals surface area contributed by atoms with E-state index in [9.17, 15) is 56.2 Å². The van der Waals surface area contributed by atoms with E-state index in [2.05, 4.69) is 15.0 Å². The van der Waals surface area contributed by atoms with Crippen LogP contribution in [0.3, 0.4) is 0 Å². The van der Waals surface area contributed by atoms with Crippen LogP contribution in [0.4, 0.5) is 0 Å². The number of fused-ring (bicyclic) bond motifs is 8. The number of para-hydroxylation sites is 6. The van der Waals surface area contributed by atoms with Crippen LogP contribution in [0.2, 0.25) is 0 Å². The zero-order chi connectivity index (χ0) is 98.6. The summed E-state index contributed by atoms with van der Waals surface area (Å²) in [6.45, 7) is 0. The Balaban J connectivity index is 1.22. The van der Waals surface area contributed by atoms with E-state index >= 15 is 0 Å². The maximum absolute atomic E-state index is 11.2. The molecule has 0 aliphatic carbocycles. The smallest absolute Gasteiger partial charge is 0.184 e. The summed E-state index contributed by atoms with van der Waals surface area (Å²) in [6.07, 6.45) is 0. The molecule has 1 atom stereocenters. The Kier molecular flexibility index (Phi) is 4.42. The van der Waals surface area contributed by atoms with Gasteiger partial charge >= 0.3 is 0 Å². The van der Waals surface area contributed by atoms with Gasteiger partial charge in [-0.15, -0.1) is 0 Å². The van der Waals surface area contributed by atoms with Crippen LogP contribution in [0.15, 0.2) is 308 Å². The van der Waals surface area contributed by atoms with E-state index in [0.29, 0.717) is 9.13 Å². The molecule has 0 radical (unpaired) electrons. The van der Waals surface area contributed by atoms with Gasteiger partial charge in [-0.25, -0.2) is 15.0 Å². The van der Waals surface area contributed by atoms with E-state index in [0.717, 1.165) is 0 Å². The van der Waals surface area contributed by atoms with Crippen molar-refractivity contribution in [3.63, 3.8) is 0 Å². The first-order valence-electron chi connectivity index (χ1n) is 49.4. The van der Waals surface area contributed by atoms with Crippen LogP contribution in [0, 0.1) is 0 Å². The van der Waals surface area contributed by atoms with E-state index in [-0.39, 0.29) is 0 Å². The third-order valence-electron chi connectivity index (χ3n) is 13.6. The maximum Gasteiger partial charge on any atom is 0.184 e. The third kappa shape index (κ3) is 7.13. The molecule has 4 heterocycles. The summed E-state index contributed by atoms with van der Waals surface area (Å²) >= 11 is 0. The second-order valence-corrected chi connectivity index (χ2v) is 24.6. The molecular weight excluding hydrogens is 1030 g/mol. The zero-order valence-corrected chi connectivity index (χ0v) is 42.7. The summed E-state index contributed by atoms with van der Waals surface area (Å²) in [5.41, 5.74) is -10.3. The van der Waals surface area contributed by atoms with Gasteiger partial charge in [0.2, 0.25) is 0 Å². The van der Waals surface area contributed by atoms with Gasteiger partial charge in [-0.1, -0.05) is 272 Å². The molecule has 384 valence electrons. The molecule has 0 bridgehead atoms. The third-order valence-corrected chi connectivity index (χ3v) is 21.8. The fourth-order valence-electron chi connectivity index (χ4n) is 10.3. The summed E-state index contributed by atoms with van der Waals surface area (Å²) in [4.78, 5) is 13.8. The second kappa shape index (κ2) is 19.2. The molecule has 0 spiro atoms. The van der Waals surface area contributed by atoms with Crippen molar-refractivity contribution in [2.24, 2.45) is 0 Å². The van der Waals surface area contributed by atoms with Crippen LogP contribution in [0.1, 0.15) is 69.9 Å². The SMILES string of the molecule is [2H]c1c([2H])c([2H])c([Si](c2c([2H])c([2H])c([2H])c([2H])c2[2H])(c2c([2H])c([2H])c([2H])c([2H])c2[2H])c2c([2H])c([2H])c([2H])c(-c3nc(-c4c([2H])c([2H])c([2H])c([Si]5(c6c([2H])c([2H])c([2H])c([2H])c6[2H])c6c([2H])c([2H])c([2H])c([2H])c6-n6c7c([2H])c([2H])c([2H])c([2H])c7c7c([2H])c([2H])c([2H])c5c76)c4[2H])nc(-c4c([2H])c([2H])c([2H])c([2H])c4-n4c5c([2H])c([2H])c([2H])c([2H])c5c5c([2H])c([2H])c([2H])c([2H])c54)n3)c2[2H])c([2H])c1[2H]. The van der Waals surface area contributed by atoms with Crippen LogP contribution in [-0.4, -0.2) is 40.2 Å². The Bertz CT molecular complexity index is 7750. The molecule has 1 aliphatic rings. The molecule has 5 nitrogen and oxygen atoms in total. The van der Waals surface area contributed by atoms with Gasteiger partial charge in [0.1, 0.15) is 0 Å². The lowest BCUT2D eigenvalue weighted by Gasteiger charge is -2.39. The molecule has 3 aromatic heterocycles. The normalized spacial score (nSPS) is 22.6. The van der Waals surface area contributed by atoms with Gasteiger partial charge in [0.15, 0.2) is 33.6 Å². The van der Waals surface area contributed by atoms with Crippen LogP contribution in [-0.2, 0) is 0 Å². The molecule has 1 unspecified atom stereocenters. The first kappa shape index (κ1) is 18.9. The van der Waals surface area contributed by atoms with Gasteiger partial charge in [0, 0.05) is 43.9 Å². The molecule has 0 N–H and O–H groups in total. The molecule has 15 aromatic rings. The number of nitrogens with zero attached hydrogens (tertiary/aromatic N) is 5. The predicted molar refractivity (Wildman–Crippen MR) is 346 cm³/mol. The number of hydrogen-bond donors (Lipinski definition) is 0. The molecule has 12 aromatic carbocycles. The fourth-order valence-corrected chi connectivity index (χ4v) is 18.1. The molecule has 16 rings (SSSR count). The minimum atomic E-state index is -6.98. The highest BCUT2D eigenvalue weighted by Gasteiger charge is 2.48. The van der Waals surface area contributed by atoms with Crippen LogP contribution in [0.25, 0.3) is 89.2 Å². The molecule has 7 heteroatoms. The highest BCUT2D eigenvalue weighted by atomic mass is 28.3. The Morgan fingerprint density at radius 2 is 0.720 bits per heavy atom. The van der Waals surface area contributed by atoms with Gasteiger partial charge < -0.3 is 9.13 Å². The molecule has 0 fully saturated rings. The lowest BCUT2D eigenvalue weighted by atomic mass is 10.1. The average Bonchev–Trinajstić information content (AvgIpc) is 1.55. The zero-order valence-electron chi connectivity index (χ0n) is 91.7. The van der Waals surface area contributed by atoms with Crippen molar-refractivity contribution < 1.29 is 69.9 Å². The van der Waals surface area contributed by atoms with E-state index < -0.39 is 455 Å². The van der Waals surface area contributed by atoms with Crippen molar-refractivity contribution in [3.8, 4) is 45.5 Å². The van der Waals surface area contributed by atoms with E-state index in [1.165, 1.54) is 0 Å². The van der Waals surface area contributed by atoms with E-state index in [4.69, 9.17) is 13.7 Å². The molecule has 1 aliphatic heterocycles. The van der Waals surface area contributed by atoms with Gasteiger partial charge in [-0.3, -0.25) is 0 Å². The van der Waals surface area contributed by atoms with Gasteiger partial charge in [-0.05, 0) is 77.7 Å². The molecular formula is C75H51N5Si2. The Hall–Kier alpha value is -10.3. The van der Waals surface area contributed by atoms with Crippen molar-refractivity contribution in [3.05, 3.63) is 308 Å². The topological polar surface area (TPSA) is 48.5 Å². The maximum atomic E-state index is 11.2. The largest absolute Gasteiger partial charge is 0.309 e.